The van der Waals surface area contributed by atoms with E-state index in [1.807, 2.05) is 30.3 Å². The van der Waals surface area contributed by atoms with E-state index in [2.05, 4.69) is 25.9 Å². The molecule has 1 fully saturated rings. The number of halogens is 1. The number of ether oxygens (including phenoxy) is 1. The standard InChI is InChI=1S/C15H15BrN2O2/c16-12-13(10-4-2-1-3-5-10)17-14(18-15(12)19)11-6-8-20-9-7-11/h1-5,11H,6-9H2,(H,17,18,19). The topological polar surface area (TPSA) is 55.0 Å². The second-order valence-corrected chi connectivity index (χ2v) is 5.66. The van der Waals surface area contributed by atoms with Crippen molar-refractivity contribution in [2.45, 2.75) is 18.8 Å². The van der Waals surface area contributed by atoms with Crippen molar-refractivity contribution in [3.63, 3.8) is 0 Å². The average molecular weight is 335 g/mol. The first-order valence-corrected chi connectivity index (χ1v) is 7.48. The highest BCUT2D eigenvalue weighted by Crippen LogP contribution is 2.28. The highest BCUT2D eigenvalue weighted by atomic mass is 79.9. The first-order chi connectivity index (χ1) is 9.75. The number of nitrogens with one attached hydrogen (secondary N) is 1. The van der Waals surface area contributed by atoms with Crippen LogP contribution in [0.4, 0.5) is 0 Å². The van der Waals surface area contributed by atoms with Gasteiger partial charge in [0, 0.05) is 24.7 Å². The van der Waals surface area contributed by atoms with Gasteiger partial charge in [-0.25, -0.2) is 4.98 Å². The molecular formula is C15H15BrN2O2. The molecule has 1 aliphatic heterocycles. The number of hydrogen-bond acceptors (Lipinski definition) is 3. The Bertz CT molecular complexity index is 649. The van der Waals surface area contributed by atoms with Gasteiger partial charge in [-0.3, -0.25) is 4.79 Å². The maximum atomic E-state index is 12.1. The van der Waals surface area contributed by atoms with Crippen molar-refractivity contribution < 1.29 is 4.74 Å². The van der Waals surface area contributed by atoms with E-state index in [4.69, 9.17) is 4.74 Å². The van der Waals surface area contributed by atoms with Crippen molar-refractivity contribution >= 4 is 15.9 Å². The van der Waals surface area contributed by atoms with E-state index in [-0.39, 0.29) is 11.5 Å². The Kier molecular flexibility index (Phi) is 3.98. The van der Waals surface area contributed by atoms with Crippen LogP contribution in [0.3, 0.4) is 0 Å². The second-order valence-electron chi connectivity index (χ2n) is 4.87. The molecule has 3 rings (SSSR count). The zero-order chi connectivity index (χ0) is 13.9. The van der Waals surface area contributed by atoms with Crippen molar-refractivity contribution in [1.82, 2.24) is 9.97 Å². The molecule has 0 saturated carbocycles. The van der Waals surface area contributed by atoms with E-state index < -0.39 is 0 Å². The molecule has 2 aromatic rings. The first-order valence-electron chi connectivity index (χ1n) is 6.68. The summed E-state index contributed by atoms with van der Waals surface area (Å²) in [6.45, 7) is 1.45. The van der Waals surface area contributed by atoms with Crippen LogP contribution in [0.5, 0.6) is 0 Å². The molecule has 0 radical (unpaired) electrons. The molecule has 104 valence electrons. The van der Waals surface area contributed by atoms with E-state index in [9.17, 15) is 4.79 Å². The lowest BCUT2D eigenvalue weighted by atomic mass is 9.99. The van der Waals surface area contributed by atoms with Crippen LogP contribution >= 0.6 is 15.9 Å². The molecule has 1 aliphatic rings. The van der Waals surface area contributed by atoms with Gasteiger partial charge in [-0.2, -0.15) is 0 Å². The maximum Gasteiger partial charge on any atom is 0.265 e. The molecule has 20 heavy (non-hydrogen) atoms. The van der Waals surface area contributed by atoms with Gasteiger partial charge in [0.15, 0.2) is 0 Å². The van der Waals surface area contributed by atoms with Gasteiger partial charge in [-0.1, -0.05) is 30.3 Å². The van der Waals surface area contributed by atoms with Crippen LogP contribution in [0.1, 0.15) is 24.6 Å². The lowest BCUT2D eigenvalue weighted by molar-refractivity contribution is 0.0835. The van der Waals surface area contributed by atoms with Gasteiger partial charge in [0.25, 0.3) is 5.56 Å². The summed E-state index contributed by atoms with van der Waals surface area (Å²) in [6.07, 6.45) is 1.80. The molecule has 0 amide bonds. The molecule has 0 atom stereocenters. The summed E-state index contributed by atoms with van der Waals surface area (Å²) in [7, 11) is 0. The van der Waals surface area contributed by atoms with Crippen molar-refractivity contribution in [1.29, 1.82) is 0 Å². The Labute approximate surface area is 125 Å². The van der Waals surface area contributed by atoms with Crippen LogP contribution in [0.25, 0.3) is 11.3 Å². The van der Waals surface area contributed by atoms with Crippen molar-refractivity contribution in [2.24, 2.45) is 0 Å². The molecule has 2 heterocycles. The number of benzene rings is 1. The minimum absolute atomic E-state index is 0.125. The van der Waals surface area contributed by atoms with Gasteiger partial charge < -0.3 is 9.72 Å². The molecule has 1 saturated heterocycles. The second kappa shape index (κ2) is 5.89. The number of aromatic nitrogens is 2. The monoisotopic (exact) mass is 334 g/mol. The third-order valence-electron chi connectivity index (χ3n) is 3.54. The molecule has 1 aromatic carbocycles. The number of nitrogens with zero attached hydrogens (tertiary/aromatic N) is 1. The van der Waals surface area contributed by atoms with Gasteiger partial charge in [0.05, 0.1) is 5.69 Å². The summed E-state index contributed by atoms with van der Waals surface area (Å²) in [5.41, 5.74) is 1.52. The zero-order valence-corrected chi connectivity index (χ0v) is 12.5. The van der Waals surface area contributed by atoms with Gasteiger partial charge in [-0.15, -0.1) is 0 Å². The lowest BCUT2D eigenvalue weighted by Gasteiger charge is -2.21. The Morgan fingerprint density at radius 3 is 2.60 bits per heavy atom. The Morgan fingerprint density at radius 2 is 1.90 bits per heavy atom. The summed E-state index contributed by atoms with van der Waals surface area (Å²) in [4.78, 5) is 19.7. The zero-order valence-electron chi connectivity index (χ0n) is 10.9. The minimum atomic E-state index is -0.125. The molecule has 0 unspecified atom stereocenters. The van der Waals surface area contributed by atoms with Crippen LogP contribution < -0.4 is 5.56 Å². The van der Waals surface area contributed by atoms with E-state index in [0.29, 0.717) is 10.2 Å². The fourth-order valence-corrected chi connectivity index (χ4v) is 2.84. The Hall–Kier alpha value is -1.46. The molecule has 0 bridgehead atoms. The predicted octanol–water partition coefficient (Wildman–Crippen LogP) is 3.09. The van der Waals surface area contributed by atoms with E-state index in [1.54, 1.807) is 0 Å². The summed E-state index contributed by atoms with van der Waals surface area (Å²) >= 11 is 3.34. The van der Waals surface area contributed by atoms with Crippen molar-refractivity contribution in [2.75, 3.05) is 13.2 Å². The lowest BCUT2D eigenvalue weighted by Crippen LogP contribution is -2.21. The molecule has 1 N–H and O–H groups in total. The van der Waals surface area contributed by atoms with Gasteiger partial charge in [0.2, 0.25) is 0 Å². The number of rotatable bonds is 2. The third-order valence-corrected chi connectivity index (χ3v) is 4.27. The smallest absolute Gasteiger partial charge is 0.265 e. The van der Waals surface area contributed by atoms with Crippen LogP contribution in [0.2, 0.25) is 0 Å². The fraction of sp³-hybridized carbons (Fsp3) is 0.333. The summed E-state index contributed by atoms with van der Waals surface area (Å²) in [5, 5.41) is 0. The van der Waals surface area contributed by atoms with E-state index in [1.165, 1.54) is 0 Å². The first kappa shape index (κ1) is 13.5. The van der Waals surface area contributed by atoms with Crippen molar-refractivity contribution in [3.05, 3.63) is 51.0 Å². The number of aromatic amines is 1. The molecular weight excluding hydrogens is 320 g/mol. The summed E-state index contributed by atoms with van der Waals surface area (Å²) < 4.78 is 5.85. The maximum absolute atomic E-state index is 12.1. The van der Waals surface area contributed by atoms with Crippen LogP contribution in [0, 0.1) is 0 Å². The molecule has 0 aliphatic carbocycles. The highest BCUT2D eigenvalue weighted by Gasteiger charge is 2.20. The van der Waals surface area contributed by atoms with Crippen LogP contribution in [-0.4, -0.2) is 23.2 Å². The quantitative estimate of drug-likeness (QED) is 0.918. The SMILES string of the molecule is O=c1[nH]c(C2CCOCC2)nc(-c2ccccc2)c1Br. The van der Waals surface area contributed by atoms with Crippen LogP contribution in [-0.2, 0) is 4.74 Å². The Balaban J connectivity index is 2.06. The van der Waals surface area contributed by atoms with Crippen molar-refractivity contribution in [3.8, 4) is 11.3 Å². The molecule has 1 aromatic heterocycles. The van der Waals surface area contributed by atoms with E-state index in [0.717, 1.165) is 37.4 Å². The molecule has 0 spiro atoms. The summed E-state index contributed by atoms with van der Waals surface area (Å²) in [5.74, 6) is 1.03. The van der Waals surface area contributed by atoms with E-state index >= 15 is 0 Å². The normalized spacial score (nSPS) is 16.2. The van der Waals surface area contributed by atoms with Gasteiger partial charge in [0.1, 0.15) is 10.3 Å². The number of hydrogen-bond donors (Lipinski definition) is 1. The largest absolute Gasteiger partial charge is 0.381 e. The minimum Gasteiger partial charge on any atom is -0.381 e. The third kappa shape index (κ3) is 2.69. The van der Waals surface area contributed by atoms with Gasteiger partial charge in [-0.05, 0) is 28.8 Å². The molecule has 5 heteroatoms. The highest BCUT2D eigenvalue weighted by molar-refractivity contribution is 9.10. The average Bonchev–Trinajstić information content (AvgIpc) is 2.51. The molecule has 4 nitrogen and oxygen atoms in total. The van der Waals surface area contributed by atoms with Crippen LogP contribution in [0.15, 0.2) is 39.6 Å². The Morgan fingerprint density at radius 1 is 1.20 bits per heavy atom. The summed E-state index contributed by atoms with van der Waals surface area (Å²) in [6, 6.07) is 9.75. The van der Waals surface area contributed by atoms with Gasteiger partial charge >= 0.3 is 0 Å². The fourth-order valence-electron chi connectivity index (χ4n) is 2.43. The number of H-pyrrole nitrogens is 1. The predicted molar refractivity (Wildman–Crippen MR) is 80.8 cm³/mol.